The molecule has 0 unspecified atom stereocenters. The third-order valence-corrected chi connectivity index (χ3v) is 6.82. The van der Waals surface area contributed by atoms with E-state index >= 15 is 0 Å². The van der Waals surface area contributed by atoms with Crippen LogP contribution in [0, 0.1) is 13.8 Å². The zero-order valence-electron chi connectivity index (χ0n) is 20.6. The highest BCUT2D eigenvalue weighted by atomic mass is 35.5. The molecular formula is C25H34ClN3O4S. The van der Waals surface area contributed by atoms with Crippen molar-refractivity contribution in [1.29, 1.82) is 0 Å². The van der Waals surface area contributed by atoms with E-state index in [0.717, 1.165) is 27.3 Å². The van der Waals surface area contributed by atoms with Gasteiger partial charge in [0, 0.05) is 17.6 Å². The Morgan fingerprint density at radius 2 is 1.59 bits per heavy atom. The second kappa shape index (κ2) is 11.7. The minimum Gasteiger partial charge on any atom is -0.352 e. The number of aryl methyl sites for hydroxylation is 2. The number of para-hydroxylation sites is 1. The van der Waals surface area contributed by atoms with Crippen molar-refractivity contribution in [3.05, 3.63) is 64.2 Å². The van der Waals surface area contributed by atoms with Gasteiger partial charge in [0.05, 0.1) is 11.9 Å². The van der Waals surface area contributed by atoms with Gasteiger partial charge >= 0.3 is 0 Å². The van der Waals surface area contributed by atoms with Gasteiger partial charge in [0.1, 0.15) is 12.6 Å². The summed E-state index contributed by atoms with van der Waals surface area (Å²) >= 11 is 6.01. The Bertz CT molecular complexity index is 1100. The molecule has 0 spiro atoms. The lowest BCUT2D eigenvalue weighted by Crippen LogP contribution is -2.53. The highest BCUT2D eigenvalue weighted by Gasteiger charge is 2.32. The van der Waals surface area contributed by atoms with Gasteiger partial charge in [-0.3, -0.25) is 13.9 Å². The van der Waals surface area contributed by atoms with Crippen LogP contribution < -0.4 is 9.62 Å². The summed E-state index contributed by atoms with van der Waals surface area (Å²) in [5, 5.41) is 3.43. The van der Waals surface area contributed by atoms with E-state index in [-0.39, 0.29) is 18.5 Å². The van der Waals surface area contributed by atoms with Crippen molar-refractivity contribution < 1.29 is 18.0 Å². The maximum absolute atomic E-state index is 13.7. The van der Waals surface area contributed by atoms with E-state index in [1.54, 1.807) is 50.2 Å². The van der Waals surface area contributed by atoms with Crippen molar-refractivity contribution in [3.8, 4) is 0 Å². The first kappa shape index (κ1) is 27.7. The summed E-state index contributed by atoms with van der Waals surface area (Å²) in [6.45, 7) is 8.87. The zero-order valence-corrected chi connectivity index (χ0v) is 22.2. The second-order valence-electron chi connectivity index (χ2n) is 8.75. The van der Waals surface area contributed by atoms with Crippen LogP contribution in [0.2, 0.25) is 5.02 Å². The molecule has 1 atom stereocenters. The average molecular weight is 508 g/mol. The molecule has 9 heteroatoms. The number of sulfonamides is 1. The topological polar surface area (TPSA) is 86.8 Å². The summed E-state index contributed by atoms with van der Waals surface area (Å²) in [4.78, 5) is 28.1. The standard InChI is InChI=1S/C25H34ClN3O4S/c1-7-22(25(31)27-17(2)3)28(15-20-11-13-21(26)14-12-20)23(30)16-29(34(6,32)33)24-18(4)9-8-10-19(24)5/h8-14,17,22H,7,15-16H2,1-6H3,(H,27,31)/t22-/m0/s1. The highest BCUT2D eigenvalue weighted by molar-refractivity contribution is 7.92. The van der Waals surface area contributed by atoms with Gasteiger partial charge < -0.3 is 10.2 Å². The molecule has 0 aliphatic rings. The van der Waals surface area contributed by atoms with Crippen molar-refractivity contribution in [2.75, 3.05) is 17.1 Å². The van der Waals surface area contributed by atoms with Gasteiger partial charge in [0.15, 0.2) is 0 Å². The van der Waals surface area contributed by atoms with E-state index in [1.807, 2.05) is 26.8 Å². The predicted octanol–water partition coefficient (Wildman–Crippen LogP) is 4.05. The molecule has 0 saturated carbocycles. The number of hydrogen-bond acceptors (Lipinski definition) is 4. The summed E-state index contributed by atoms with van der Waals surface area (Å²) in [5.41, 5.74) is 2.75. The van der Waals surface area contributed by atoms with Crippen LogP contribution in [0.15, 0.2) is 42.5 Å². The smallest absolute Gasteiger partial charge is 0.244 e. The van der Waals surface area contributed by atoms with Crippen LogP contribution >= 0.6 is 11.6 Å². The van der Waals surface area contributed by atoms with Crippen LogP contribution in [0.25, 0.3) is 0 Å². The van der Waals surface area contributed by atoms with E-state index in [2.05, 4.69) is 5.32 Å². The fourth-order valence-electron chi connectivity index (χ4n) is 3.86. The molecule has 0 saturated heterocycles. The monoisotopic (exact) mass is 507 g/mol. The van der Waals surface area contributed by atoms with Gasteiger partial charge in [-0.25, -0.2) is 8.42 Å². The Balaban J connectivity index is 2.49. The van der Waals surface area contributed by atoms with Gasteiger partial charge in [-0.1, -0.05) is 48.9 Å². The highest BCUT2D eigenvalue weighted by Crippen LogP contribution is 2.27. The number of nitrogens with zero attached hydrogens (tertiary/aromatic N) is 2. The lowest BCUT2D eigenvalue weighted by Gasteiger charge is -2.34. The molecule has 34 heavy (non-hydrogen) atoms. The number of halogens is 1. The van der Waals surface area contributed by atoms with Crippen LogP contribution in [0.4, 0.5) is 5.69 Å². The first-order valence-corrected chi connectivity index (χ1v) is 13.5. The summed E-state index contributed by atoms with van der Waals surface area (Å²) in [6.07, 6.45) is 1.46. The summed E-state index contributed by atoms with van der Waals surface area (Å²) in [6, 6.07) is 11.6. The second-order valence-corrected chi connectivity index (χ2v) is 11.1. The van der Waals surface area contributed by atoms with Gasteiger partial charge in [-0.2, -0.15) is 0 Å². The fourth-order valence-corrected chi connectivity index (χ4v) is 4.95. The van der Waals surface area contributed by atoms with Gasteiger partial charge in [-0.05, 0) is 62.9 Å². The lowest BCUT2D eigenvalue weighted by molar-refractivity contribution is -0.140. The third kappa shape index (κ3) is 7.21. The Morgan fingerprint density at radius 1 is 1.03 bits per heavy atom. The molecule has 0 aliphatic heterocycles. The predicted molar refractivity (Wildman–Crippen MR) is 137 cm³/mol. The average Bonchev–Trinajstić information content (AvgIpc) is 2.72. The molecule has 0 fully saturated rings. The van der Waals surface area contributed by atoms with E-state index in [4.69, 9.17) is 11.6 Å². The van der Waals surface area contributed by atoms with Gasteiger partial charge in [-0.15, -0.1) is 0 Å². The molecule has 0 aliphatic carbocycles. The number of anilines is 1. The number of rotatable bonds is 10. The quantitative estimate of drug-likeness (QED) is 0.525. The minimum atomic E-state index is -3.77. The number of carbonyl (C=O) groups excluding carboxylic acids is 2. The van der Waals surface area contributed by atoms with Gasteiger partial charge in [0.2, 0.25) is 21.8 Å². The maximum atomic E-state index is 13.7. The molecule has 0 aromatic heterocycles. The molecule has 0 radical (unpaired) electrons. The van der Waals surface area contributed by atoms with Crippen molar-refractivity contribution >= 4 is 39.1 Å². The molecule has 2 rings (SSSR count). The van der Waals surface area contributed by atoms with Crippen molar-refractivity contribution in [2.45, 2.75) is 59.7 Å². The Hall–Kier alpha value is -2.58. The molecule has 2 aromatic rings. The molecule has 1 N–H and O–H groups in total. The number of amides is 2. The summed E-state index contributed by atoms with van der Waals surface area (Å²) in [5.74, 6) is -0.744. The SMILES string of the molecule is CC[C@@H](C(=O)NC(C)C)N(Cc1ccc(Cl)cc1)C(=O)CN(c1c(C)cccc1C)S(C)(=O)=O. The molecule has 0 heterocycles. The normalized spacial score (nSPS) is 12.4. The Morgan fingerprint density at radius 3 is 2.06 bits per heavy atom. The molecule has 2 amide bonds. The van der Waals surface area contributed by atoms with Crippen molar-refractivity contribution in [3.63, 3.8) is 0 Å². The molecule has 186 valence electrons. The molecule has 7 nitrogen and oxygen atoms in total. The van der Waals surface area contributed by atoms with E-state index < -0.39 is 28.5 Å². The van der Waals surface area contributed by atoms with Gasteiger partial charge in [0.25, 0.3) is 0 Å². The maximum Gasteiger partial charge on any atom is 0.244 e. The molecule has 0 bridgehead atoms. The minimum absolute atomic E-state index is 0.101. The third-order valence-electron chi connectivity index (χ3n) is 5.45. The van der Waals surface area contributed by atoms with E-state index in [9.17, 15) is 18.0 Å². The first-order valence-electron chi connectivity index (χ1n) is 11.2. The number of nitrogens with one attached hydrogen (secondary N) is 1. The Labute approximate surface area is 208 Å². The first-order chi connectivity index (χ1) is 15.8. The Kier molecular flexibility index (Phi) is 9.53. The van der Waals surface area contributed by atoms with Crippen molar-refractivity contribution in [1.82, 2.24) is 10.2 Å². The molecular weight excluding hydrogens is 474 g/mol. The van der Waals surface area contributed by atoms with Crippen LogP contribution in [0.3, 0.4) is 0 Å². The number of benzene rings is 2. The van der Waals surface area contributed by atoms with E-state index in [1.165, 1.54) is 4.90 Å². The van der Waals surface area contributed by atoms with Crippen LogP contribution in [0.1, 0.15) is 43.9 Å². The summed E-state index contributed by atoms with van der Waals surface area (Å²) in [7, 11) is -3.77. The largest absolute Gasteiger partial charge is 0.352 e. The number of hydrogen-bond donors (Lipinski definition) is 1. The lowest BCUT2D eigenvalue weighted by atomic mass is 10.1. The number of carbonyl (C=O) groups is 2. The van der Waals surface area contributed by atoms with Crippen molar-refractivity contribution in [2.24, 2.45) is 0 Å². The summed E-state index contributed by atoms with van der Waals surface area (Å²) < 4.78 is 26.7. The molecule has 2 aromatic carbocycles. The van der Waals surface area contributed by atoms with E-state index in [0.29, 0.717) is 17.1 Å². The zero-order chi connectivity index (χ0) is 25.6. The van der Waals surface area contributed by atoms with Crippen LogP contribution in [0.5, 0.6) is 0 Å². The fraction of sp³-hybridized carbons (Fsp3) is 0.440. The van der Waals surface area contributed by atoms with Crippen LogP contribution in [-0.2, 0) is 26.2 Å². The van der Waals surface area contributed by atoms with Crippen LogP contribution in [-0.4, -0.2) is 50.0 Å².